The second kappa shape index (κ2) is 5.71. The standard InChI is InChI=1S/C13H8BrIO3/c14-8-4-3-7-11(12(8)13(16)17)18-10-6-2-1-5-9(10)15/h1-7H,(H,16,17). The van der Waals surface area contributed by atoms with Crippen molar-refractivity contribution in [3.05, 3.63) is 56.1 Å². The molecular weight excluding hydrogens is 411 g/mol. The van der Waals surface area contributed by atoms with Gasteiger partial charge in [-0.15, -0.1) is 0 Å². The van der Waals surface area contributed by atoms with Crippen LogP contribution in [0.3, 0.4) is 0 Å². The molecule has 2 aromatic rings. The molecule has 0 atom stereocenters. The molecule has 0 saturated carbocycles. The Hall–Kier alpha value is -1.08. The summed E-state index contributed by atoms with van der Waals surface area (Å²) in [5, 5.41) is 9.18. The van der Waals surface area contributed by atoms with Gasteiger partial charge in [0.25, 0.3) is 0 Å². The number of aromatic carboxylic acids is 1. The van der Waals surface area contributed by atoms with E-state index in [1.165, 1.54) is 0 Å². The van der Waals surface area contributed by atoms with Crippen LogP contribution in [0.15, 0.2) is 46.9 Å². The lowest BCUT2D eigenvalue weighted by atomic mass is 10.2. The average Bonchev–Trinajstić information content (AvgIpc) is 2.31. The third-order valence-corrected chi connectivity index (χ3v) is 3.80. The Morgan fingerprint density at radius 2 is 1.78 bits per heavy atom. The monoisotopic (exact) mass is 418 g/mol. The van der Waals surface area contributed by atoms with E-state index < -0.39 is 5.97 Å². The van der Waals surface area contributed by atoms with Crippen LogP contribution < -0.4 is 4.74 Å². The van der Waals surface area contributed by atoms with E-state index >= 15 is 0 Å². The minimum absolute atomic E-state index is 0.122. The third kappa shape index (κ3) is 2.84. The van der Waals surface area contributed by atoms with E-state index in [0.29, 0.717) is 16.0 Å². The zero-order valence-electron chi connectivity index (χ0n) is 9.06. The Morgan fingerprint density at radius 3 is 2.44 bits per heavy atom. The van der Waals surface area contributed by atoms with Crippen molar-refractivity contribution in [3.8, 4) is 11.5 Å². The van der Waals surface area contributed by atoms with E-state index in [-0.39, 0.29) is 5.56 Å². The van der Waals surface area contributed by atoms with Crippen LogP contribution in [0.5, 0.6) is 11.5 Å². The van der Waals surface area contributed by atoms with E-state index in [4.69, 9.17) is 4.74 Å². The highest BCUT2D eigenvalue weighted by Gasteiger charge is 2.16. The lowest BCUT2D eigenvalue weighted by Gasteiger charge is -2.11. The maximum Gasteiger partial charge on any atom is 0.340 e. The summed E-state index contributed by atoms with van der Waals surface area (Å²) in [6, 6.07) is 12.5. The molecule has 1 N–H and O–H groups in total. The molecule has 0 aliphatic heterocycles. The topological polar surface area (TPSA) is 46.5 Å². The number of hydrogen-bond acceptors (Lipinski definition) is 2. The summed E-state index contributed by atoms with van der Waals surface area (Å²) in [4.78, 5) is 11.2. The first-order chi connectivity index (χ1) is 8.59. The zero-order valence-corrected chi connectivity index (χ0v) is 12.8. The number of rotatable bonds is 3. The SMILES string of the molecule is O=C(O)c1c(Br)cccc1Oc1ccccc1I. The van der Waals surface area contributed by atoms with Gasteiger partial charge in [-0.25, -0.2) is 4.79 Å². The maximum atomic E-state index is 11.2. The molecule has 2 rings (SSSR count). The molecule has 0 radical (unpaired) electrons. The van der Waals surface area contributed by atoms with Crippen molar-refractivity contribution in [2.75, 3.05) is 0 Å². The number of carbonyl (C=O) groups is 1. The lowest BCUT2D eigenvalue weighted by molar-refractivity contribution is 0.0693. The average molecular weight is 419 g/mol. The van der Waals surface area contributed by atoms with Gasteiger partial charge < -0.3 is 9.84 Å². The summed E-state index contributed by atoms with van der Waals surface area (Å²) in [7, 11) is 0. The fourth-order valence-electron chi connectivity index (χ4n) is 1.44. The van der Waals surface area contributed by atoms with Gasteiger partial charge in [0.2, 0.25) is 0 Å². The summed E-state index contributed by atoms with van der Waals surface area (Å²) in [6.45, 7) is 0. The molecule has 0 fully saturated rings. The lowest BCUT2D eigenvalue weighted by Crippen LogP contribution is -2.01. The van der Waals surface area contributed by atoms with Gasteiger partial charge in [0.15, 0.2) is 0 Å². The fraction of sp³-hybridized carbons (Fsp3) is 0. The summed E-state index contributed by atoms with van der Waals surface area (Å²) in [6.07, 6.45) is 0. The molecule has 0 spiro atoms. The zero-order chi connectivity index (χ0) is 13.1. The Kier molecular flexibility index (Phi) is 4.23. The van der Waals surface area contributed by atoms with Gasteiger partial charge in [-0.05, 0) is 62.8 Å². The Bertz CT molecular complexity index is 599. The maximum absolute atomic E-state index is 11.2. The molecule has 0 heterocycles. The molecule has 0 aliphatic carbocycles. The van der Waals surface area contributed by atoms with Gasteiger partial charge in [-0.1, -0.05) is 18.2 Å². The Morgan fingerprint density at radius 1 is 1.11 bits per heavy atom. The van der Waals surface area contributed by atoms with Crippen LogP contribution in [0.1, 0.15) is 10.4 Å². The molecule has 2 aromatic carbocycles. The molecule has 92 valence electrons. The van der Waals surface area contributed by atoms with Crippen molar-refractivity contribution in [1.82, 2.24) is 0 Å². The van der Waals surface area contributed by atoms with Crippen molar-refractivity contribution < 1.29 is 14.6 Å². The van der Waals surface area contributed by atoms with Crippen molar-refractivity contribution in [2.24, 2.45) is 0 Å². The van der Waals surface area contributed by atoms with Crippen LogP contribution >= 0.6 is 38.5 Å². The Labute approximate surface area is 126 Å². The van der Waals surface area contributed by atoms with Crippen LogP contribution in [-0.4, -0.2) is 11.1 Å². The first-order valence-corrected chi connectivity index (χ1v) is 6.91. The summed E-state index contributed by atoms with van der Waals surface area (Å²) < 4.78 is 7.09. The third-order valence-electron chi connectivity index (χ3n) is 2.25. The molecule has 0 aliphatic rings. The second-order valence-corrected chi connectivity index (χ2v) is 5.47. The Balaban J connectivity index is 2.44. The summed E-state index contributed by atoms with van der Waals surface area (Å²) in [5.74, 6) is -0.0666. The molecule has 0 amide bonds. The minimum atomic E-state index is -1.02. The van der Waals surface area contributed by atoms with Crippen LogP contribution in [0, 0.1) is 3.57 Å². The van der Waals surface area contributed by atoms with Crippen molar-refractivity contribution in [3.63, 3.8) is 0 Å². The van der Waals surface area contributed by atoms with E-state index in [1.54, 1.807) is 24.3 Å². The van der Waals surface area contributed by atoms with Crippen LogP contribution in [0.4, 0.5) is 0 Å². The highest BCUT2D eigenvalue weighted by Crippen LogP contribution is 2.32. The van der Waals surface area contributed by atoms with Gasteiger partial charge in [-0.3, -0.25) is 0 Å². The highest BCUT2D eigenvalue weighted by molar-refractivity contribution is 14.1. The quantitative estimate of drug-likeness (QED) is 0.744. The fourth-order valence-corrected chi connectivity index (χ4v) is 2.46. The van der Waals surface area contributed by atoms with Crippen molar-refractivity contribution in [1.29, 1.82) is 0 Å². The summed E-state index contributed by atoms with van der Waals surface area (Å²) >= 11 is 5.36. The normalized spacial score (nSPS) is 10.1. The number of carboxylic acid groups (broad SMARTS) is 1. The van der Waals surface area contributed by atoms with Gasteiger partial charge in [0.05, 0.1) is 3.57 Å². The van der Waals surface area contributed by atoms with Gasteiger partial charge in [0.1, 0.15) is 17.1 Å². The smallest absolute Gasteiger partial charge is 0.340 e. The minimum Gasteiger partial charge on any atom is -0.478 e. The van der Waals surface area contributed by atoms with E-state index in [0.717, 1.165) is 3.57 Å². The van der Waals surface area contributed by atoms with Gasteiger partial charge in [-0.2, -0.15) is 0 Å². The molecule has 3 nitrogen and oxygen atoms in total. The number of hydrogen-bond donors (Lipinski definition) is 1. The number of para-hydroxylation sites is 1. The number of halogens is 2. The predicted molar refractivity (Wildman–Crippen MR) is 80.3 cm³/mol. The molecule has 0 saturated heterocycles. The van der Waals surface area contributed by atoms with Crippen molar-refractivity contribution in [2.45, 2.75) is 0 Å². The van der Waals surface area contributed by atoms with E-state index in [2.05, 4.69) is 38.5 Å². The molecule has 0 unspecified atom stereocenters. The molecule has 18 heavy (non-hydrogen) atoms. The van der Waals surface area contributed by atoms with Gasteiger partial charge in [0, 0.05) is 4.47 Å². The van der Waals surface area contributed by atoms with Crippen LogP contribution in [0.2, 0.25) is 0 Å². The molecular formula is C13H8BrIO3. The number of ether oxygens (including phenoxy) is 1. The van der Waals surface area contributed by atoms with E-state index in [1.807, 2.05) is 18.2 Å². The first-order valence-electron chi connectivity index (χ1n) is 5.04. The van der Waals surface area contributed by atoms with E-state index in [9.17, 15) is 9.90 Å². The molecule has 5 heteroatoms. The largest absolute Gasteiger partial charge is 0.478 e. The number of benzene rings is 2. The van der Waals surface area contributed by atoms with Crippen molar-refractivity contribution >= 4 is 44.5 Å². The number of carboxylic acids is 1. The molecule has 0 bridgehead atoms. The van der Waals surface area contributed by atoms with Gasteiger partial charge >= 0.3 is 5.97 Å². The van der Waals surface area contributed by atoms with Crippen LogP contribution in [0.25, 0.3) is 0 Å². The summed E-state index contributed by atoms with van der Waals surface area (Å²) in [5.41, 5.74) is 0.122. The predicted octanol–water partition coefficient (Wildman–Crippen LogP) is 4.54. The van der Waals surface area contributed by atoms with Crippen LogP contribution in [-0.2, 0) is 0 Å². The first kappa shape index (κ1) is 13.4. The second-order valence-electron chi connectivity index (χ2n) is 3.45. The molecule has 0 aromatic heterocycles. The highest BCUT2D eigenvalue weighted by atomic mass is 127.